The summed E-state index contributed by atoms with van der Waals surface area (Å²) >= 11 is 2.28. The van der Waals surface area contributed by atoms with E-state index in [1.54, 1.807) is 0 Å². The molecule has 2 N–H and O–H groups in total. The molecular formula is C8H10INO. The molecule has 0 spiro atoms. The fraction of sp³-hybridized carbons (Fsp3) is 0.250. The molecule has 1 aromatic rings. The maximum atomic E-state index is 4.97. The predicted molar refractivity (Wildman–Crippen MR) is 52.9 cm³/mol. The first-order valence-electron chi connectivity index (χ1n) is 3.30. The van der Waals surface area contributed by atoms with Crippen LogP contribution in [0.3, 0.4) is 0 Å². The Morgan fingerprint density at radius 1 is 1.55 bits per heavy atom. The van der Waals surface area contributed by atoms with Crippen molar-refractivity contribution in [3.05, 3.63) is 32.9 Å². The van der Waals surface area contributed by atoms with Crippen LogP contribution in [0.2, 0.25) is 0 Å². The third kappa shape index (κ3) is 2.43. The second-order valence-corrected chi connectivity index (χ2v) is 3.63. The molecule has 0 aliphatic heterocycles. The van der Waals surface area contributed by atoms with Gasteiger partial charge in [-0.2, -0.15) is 0 Å². The summed E-state index contributed by atoms with van der Waals surface area (Å²) in [5.41, 5.74) is 2.37. The highest BCUT2D eigenvalue weighted by Crippen LogP contribution is 2.12. The van der Waals surface area contributed by atoms with Crippen molar-refractivity contribution in [2.45, 2.75) is 13.5 Å². The van der Waals surface area contributed by atoms with Crippen molar-refractivity contribution in [2.24, 2.45) is 5.90 Å². The van der Waals surface area contributed by atoms with Crippen LogP contribution in [-0.2, 0) is 11.4 Å². The Bertz CT molecular complexity index is 250. The van der Waals surface area contributed by atoms with E-state index >= 15 is 0 Å². The average molecular weight is 263 g/mol. The maximum Gasteiger partial charge on any atom is 0.0932 e. The monoisotopic (exact) mass is 263 g/mol. The van der Waals surface area contributed by atoms with Crippen LogP contribution in [0.25, 0.3) is 0 Å². The molecule has 3 heteroatoms. The number of halogens is 1. The lowest BCUT2D eigenvalue weighted by Gasteiger charge is -2.03. The highest BCUT2D eigenvalue weighted by atomic mass is 127. The quantitative estimate of drug-likeness (QED) is 0.654. The fourth-order valence-corrected chi connectivity index (χ4v) is 1.56. The zero-order valence-corrected chi connectivity index (χ0v) is 8.46. The number of nitrogens with two attached hydrogens (primary N) is 1. The lowest BCUT2D eigenvalue weighted by atomic mass is 10.1. The van der Waals surface area contributed by atoms with Crippen LogP contribution in [0.1, 0.15) is 11.1 Å². The zero-order chi connectivity index (χ0) is 8.27. The molecule has 60 valence electrons. The molecule has 2 nitrogen and oxygen atoms in total. The SMILES string of the molecule is Cc1cc(I)ccc1CON. The molecule has 0 fully saturated rings. The van der Waals surface area contributed by atoms with Crippen LogP contribution in [0, 0.1) is 10.5 Å². The third-order valence-electron chi connectivity index (χ3n) is 1.54. The summed E-state index contributed by atoms with van der Waals surface area (Å²) in [4.78, 5) is 4.55. The molecule has 0 radical (unpaired) electrons. The van der Waals surface area contributed by atoms with Gasteiger partial charge in [-0.1, -0.05) is 6.07 Å². The standard InChI is InChI=1S/C8H10INO/c1-6-4-8(9)3-2-7(6)5-11-10/h2-4H,5,10H2,1H3. The van der Waals surface area contributed by atoms with Crippen LogP contribution >= 0.6 is 22.6 Å². The van der Waals surface area contributed by atoms with Gasteiger partial charge in [0.25, 0.3) is 0 Å². The summed E-state index contributed by atoms with van der Waals surface area (Å²) in [7, 11) is 0. The number of hydrogen-bond acceptors (Lipinski definition) is 2. The molecule has 0 saturated heterocycles. The Morgan fingerprint density at radius 3 is 2.82 bits per heavy atom. The second kappa shape index (κ2) is 4.04. The van der Waals surface area contributed by atoms with E-state index in [0.29, 0.717) is 6.61 Å². The minimum atomic E-state index is 0.489. The van der Waals surface area contributed by atoms with E-state index in [4.69, 9.17) is 5.90 Å². The van der Waals surface area contributed by atoms with Crippen molar-refractivity contribution in [3.8, 4) is 0 Å². The molecule has 0 bridgehead atoms. The van der Waals surface area contributed by atoms with Gasteiger partial charge >= 0.3 is 0 Å². The zero-order valence-electron chi connectivity index (χ0n) is 6.30. The van der Waals surface area contributed by atoms with Gasteiger partial charge in [0, 0.05) is 3.57 Å². The van der Waals surface area contributed by atoms with Gasteiger partial charge in [-0.25, -0.2) is 5.90 Å². The van der Waals surface area contributed by atoms with Crippen molar-refractivity contribution in [2.75, 3.05) is 0 Å². The highest BCUT2D eigenvalue weighted by Gasteiger charge is 1.97. The topological polar surface area (TPSA) is 35.2 Å². The van der Waals surface area contributed by atoms with Gasteiger partial charge in [0.05, 0.1) is 6.61 Å². The van der Waals surface area contributed by atoms with Crippen LogP contribution in [0.4, 0.5) is 0 Å². The number of benzene rings is 1. The first-order valence-corrected chi connectivity index (χ1v) is 4.38. The first-order chi connectivity index (χ1) is 5.24. The van der Waals surface area contributed by atoms with Crippen molar-refractivity contribution in [3.63, 3.8) is 0 Å². The first kappa shape index (κ1) is 8.96. The molecule has 1 rings (SSSR count). The van der Waals surface area contributed by atoms with Crippen LogP contribution < -0.4 is 5.90 Å². The van der Waals surface area contributed by atoms with Gasteiger partial charge in [0.15, 0.2) is 0 Å². The second-order valence-electron chi connectivity index (χ2n) is 2.38. The normalized spacial score (nSPS) is 10.1. The summed E-state index contributed by atoms with van der Waals surface area (Å²) < 4.78 is 1.24. The Hall–Kier alpha value is -0.130. The van der Waals surface area contributed by atoms with E-state index in [1.807, 2.05) is 12.1 Å². The highest BCUT2D eigenvalue weighted by molar-refractivity contribution is 14.1. The number of aryl methyl sites for hydroxylation is 1. The minimum Gasteiger partial charge on any atom is -0.300 e. The summed E-state index contributed by atoms with van der Waals surface area (Å²) in [6.07, 6.45) is 0. The van der Waals surface area contributed by atoms with Gasteiger partial charge in [0.1, 0.15) is 0 Å². The Balaban J connectivity index is 2.90. The number of rotatable bonds is 2. The van der Waals surface area contributed by atoms with E-state index in [1.165, 1.54) is 9.13 Å². The predicted octanol–water partition coefficient (Wildman–Crippen LogP) is 1.99. The van der Waals surface area contributed by atoms with Crippen LogP contribution in [0.15, 0.2) is 18.2 Å². The minimum absolute atomic E-state index is 0.489. The molecule has 0 aromatic heterocycles. The van der Waals surface area contributed by atoms with Crippen molar-refractivity contribution in [1.29, 1.82) is 0 Å². The average Bonchev–Trinajstić information content (AvgIpc) is 1.95. The molecule has 0 saturated carbocycles. The van der Waals surface area contributed by atoms with Crippen molar-refractivity contribution >= 4 is 22.6 Å². The van der Waals surface area contributed by atoms with Crippen LogP contribution in [-0.4, -0.2) is 0 Å². The lowest BCUT2D eigenvalue weighted by molar-refractivity contribution is 0.123. The lowest BCUT2D eigenvalue weighted by Crippen LogP contribution is -2.00. The van der Waals surface area contributed by atoms with Crippen molar-refractivity contribution in [1.82, 2.24) is 0 Å². The molecular weight excluding hydrogens is 253 g/mol. The largest absolute Gasteiger partial charge is 0.300 e. The Labute approximate surface area is 79.8 Å². The van der Waals surface area contributed by atoms with E-state index in [9.17, 15) is 0 Å². The molecule has 0 aliphatic rings. The van der Waals surface area contributed by atoms with Crippen LogP contribution in [0.5, 0.6) is 0 Å². The summed E-state index contributed by atoms with van der Waals surface area (Å²) in [5, 5.41) is 0. The fourth-order valence-electron chi connectivity index (χ4n) is 0.911. The number of hydrogen-bond donors (Lipinski definition) is 1. The Morgan fingerprint density at radius 2 is 2.27 bits per heavy atom. The van der Waals surface area contributed by atoms with Gasteiger partial charge < -0.3 is 0 Å². The van der Waals surface area contributed by atoms with E-state index in [0.717, 1.165) is 5.56 Å². The molecule has 0 unspecified atom stereocenters. The molecule has 0 aliphatic carbocycles. The van der Waals surface area contributed by atoms with E-state index in [-0.39, 0.29) is 0 Å². The summed E-state index contributed by atoms with van der Waals surface area (Å²) in [6, 6.07) is 6.18. The summed E-state index contributed by atoms with van der Waals surface area (Å²) in [6.45, 7) is 2.54. The maximum absolute atomic E-state index is 4.97. The molecule has 0 amide bonds. The van der Waals surface area contributed by atoms with Gasteiger partial charge in [-0.05, 0) is 52.8 Å². The Kier molecular flexibility index (Phi) is 3.29. The van der Waals surface area contributed by atoms with Gasteiger partial charge in [0.2, 0.25) is 0 Å². The van der Waals surface area contributed by atoms with Gasteiger partial charge in [-0.15, -0.1) is 0 Å². The van der Waals surface area contributed by atoms with E-state index in [2.05, 4.69) is 40.4 Å². The molecule has 1 aromatic carbocycles. The van der Waals surface area contributed by atoms with E-state index < -0.39 is 0 Å². The van der Waals surface area contributed by atoms with Crippen molar-refractivity contribution < 1.29 is 4.84 Å². The smallest absolute Gasteiger partial charge is 0.0932 e. The van der Waals surface area contributed by atoms with Gasteiger partial charge in [-0.3, -0.25) is 4.84 Å². The molecule has 0 atom stereocenters. The summed E-state index contributed by atoms with van der Waals surface area (Å²) in [5.74, 6) is 4.97. The third-order valence-corrected chi connectivity index (χ3v) is 2.21. The molecule has 11 heavy (non-hydrogen) atoms. The molecule has 0 heterocycles.